The quantitative estimate of drug-likeness (QED) is 0.828. The molecule has 1 aromatic carbocycles. The number of ether oxygens (including phenoxy) is 1. The Kier molecular flexibility index (Phi) is 4.86. The van der Waals surface area contributed by atoms with Crippen molar-refractivity contribution in [2.45, 2.75) is 4.34 Å². The average Bonchev–Trinajstić information content (AvgIpc) is 2.86. The molecule has 7 heteroatoms. The summed E-state index contributed by atoms with van der Waals surface area (Å²) in [6.45, 7) is 0. The number of carbonyl (C=O) groups excluding carboxylic acids is 1. The molecule has 1 amide bonds. The van der Waals surface area contributed by atoms with Gasteiger partial charge in [0.05, 0.1) is 12.9 Å². The van der Waals surface area contributed by atoms with Gasteiger partial charge in [-0.05, 0) is 12.1 Å². The van der Waals surface area contributed by atoms with E-state index >= 15 is 0 Å². The monoisotopic (exact) mass is 309 g/mol. The Morgan fingerprint density at radius 3 is 3.05 bits per heavy atom. The fourth-order valence-corrected chi connectivity index (χ4v) is 3.37. The SMILES string of the molecule is CNC(=O)CSc1nc(-c2cccc(OC)c2)c(N)s1. The molecular weight excluding hydrogens is 294 g/mol. The fraction of sp³-hybridized carbons (Fsp3) is 0.231. The first-order chi connectivity index (χ1) is 9.63. The Morgan fingerprint density at radius 1 is 1.55 bits per heavy atom. The molecule has 0 unspecified atom stereocenters. The van der Waals surface area contributed by atoms with Crippen molar-refractivity contribution >= 4 is 34.0 Å². The van der Waals surface area contributed by atoms with E-state index in [4.69, 9.17) is 10.5 Å². The van der Waals surface area contributed by atoms with Crippen molar-refractivity contribution in [1.29, 1.82) is 0 Å². The van der Waals surface area contributed by atoms with E-state index < -0.39 is 0 Å². The highest BCUT2D eigenvalue weighted by atomic mass is 32.2. The molecule has 0 fully saturated rings. The highest BCUT2D eigenvalue weighted by Crippen LogP contribution is 2.36. The number of amides is 1. The molecule has 0 aliphatic rings. The number of carbonyl (C=O) groups is 1. The Hall–Kier alpha value is -1.73. The van der Waals surface area contributed by atoms with Crippen LogP contribution in [0.25, 0.3) is 11.3 Å². The van der Waals surface area contributed by atoms with Crippen LogP contribution < -0.4 is 15.8 Å². The zero-order valence-corrected chi connectivity index (χ0v) is 12.8. The summed E-state index contributed by atoms with van der Waals surface area (Å²) in [6.07, 6.45) is 0. The van der Waals surface area contributed by atoms with Crippen LogP contribution in [0.3, 0.4) is 0 Å². The number of thioether (sulfide) groups is 1. The van der Waals surface area contributed by atoms with Gasteiger partial charge in [-0.25, -0.2) is 4.98 Å². The summed E-state index contributed by atoms with van der Waals surface area (Å²) >= 11 is 2.76. The van der Waals surface area contributed by atoms with Gasteiger partial charge in [0.2, 0.25) is 5.91 Å². The van der Waals surface area contributed by atoms with E-state index in [-0.39, 0.29) is 5.91 Å². The number of methoxy groups -OCH3 is 1. The molecule has 0 aliphatic carbocycles. The molecule has 106 valence electrons. The second-order valence-corrected chi connectivity index (χ2v) is 6.14. The van der Waals surface area contributed by atoms with E-state index in [1.807, 2.05) is 24.3 Å². The zero-order chi connectivity index (χ0) is 14.5. The van der Waals surface area contributed by atoms with Crippen LogP contribution in [0, 0.1) is 0 Å². The fourth-order valence-electron chi connectivity index (χ4n) is 1.55. The van der Waals surface area contributed by atoms with E-state index in [0.717, 1.165) is 21.3 Å². The molecule has 20 heavy (non-hydrogen) atoms. The number of nitrogens with zero attached hydrogens (tertiary/aromatic N) is 1. The minimum Gasteiger partial charge on any atom is -0.497 e. The molecule has 0 saturated carbocycles. The van der Waals surface area contributed by atoms with Crippen LogP contribution in [0.1, 0.15) is 0 Å². The Bertz CT molecular complexity index is 613. The van der Waals surface area contributed by atoms with Gasteiger partial charge in [0.15, 0.2) is 4.34 Å². The summed E-state index contributed by atoms with van der Waals surface area (Å²) in [5.74, 6) is 1.06. The number of aromatic nitrogens is 1. The smallest absolute Gasteiger partial charge is 0.230 e. The number of thiazole rings is 1. The summed E-state index contributed by atoms with van der Waals surface area (Å²) in [5.41, 5.74) is 7.64. The van der Waals surface area contributed by atoms with Gasteiger partial charge in [-0.1, -0.05) is 35.2 Å². The number of anilines is 1. The van der Waals surface area contributed by atoms with Crippen molar-refractivity contribution in [3.8, 4) is 17.0 Å². The van der Waals surface area contributed by atoms with Crippen LogP contribution in [0.15, 0.2) is 28.6 Å². The average molecular weight is 309 g/mol. The lowest BCUT2D eigenvalue weighted by molar-refractivity contribution is -0.118. The molecular formula is C13H15N3O2S2. The lowest BCUT2D eigenvalue weighted by atomic mass is 10.1. The third-order valence-electron chi connectivity index (χ3n) is 2.58. The Balaban J connectivity index is 2.20. The molecule has 0 bridgehead atoms. The first-order valence-electron chi connectivity index (χ1n) is 5.88. The molecule has 0 atom stereocenters. The maximum absolute atomic E-state index is 11.2. The van der Waals surface area contributed by atoms with Gasteiger partial charge in [0.25, 0.3) is 0 Å². The molecule has 0 radical (unpaired) electrons. The molecule has 1 aromatic heterocycles. The normalized spacial score (nSPS) is 10.3. The van der Waals surface area contributed by atoms with Crippen molar-refractivity contribution < 1.29 is 9.53 Å². The van der Waals surface area contributed by atoms with Gasteiger partial charge in [-0.3, -0.25) is 4.79 Å². The Morgan fingerprint density at radius 2 is 2.35 bits per heavy atom. The van der Waals surface area contributed by atoms with Crippen LogP contribution in [0.2, 0.25) is 0 Å². The predicted octanol–water partition coefficient (Wildman–Crippen LogP) is 2.24. The summed E-state index contributed by atoms with van der Waals surface area (Å²) < 4.78 is 5.97. The van der Waals surface area contributed by atoms with E-state index in [9.17, 15) is 4.79 Å². The summed E-state index contributed by atoms with van der Waals surface area (Å²) in [7, 11) is 3.23. The van der Waals surface area contributed by atoms with Gasteiger partial charge in [0, 0.05) is 12.6 Å². The second-order valence-electron chi connectivity index (χ2n) is 3.89. The second kappa shape index (κ2) is 6.62. The van der Waals surface area contributed by atoms with Crippen LogP contribution >= 0.6 is 23.1 Å². The van der Waals surface area contributed by atoms with E-state index in [1.165, 1.54) is 23.1 Å². The van der Waals surface area contributed by atoms with Crippen LogP contribution in [0.5, 0.6) is 5.75 Å². The molecule has 1 heterocycles. The maximum atomic E-state index is 11.2. The number of benzene rings is 1. The number of nitrogen functional groups attached to an aromatic ring is 1. The van der Waals surface area contributed by atoms with Gasteiger partial charge in [-0.15, -0.1) is 0 Å². The predicted molar refractivity (Wildman–Crippen MR) is 83.3 cm³/mol. The summed E-state index contributed by atoms with van der Waals surface area (Å²) in [5, 5.41) is 3.21. The maximum Gasteiger partial charge on any atom is 0.230 e. The first kappa shape index (κ1) is 14.7. The number of nitrogens with two attached hydrogens (primary N) is 1. The minimum absolute atomic E-state index is 0.0355. The van der Waals surface area contributed by atoms with Crippen LogP contribution in [-0.4, -0.2) is 30.8 Å². The van der Waals surface area contributed by atoms with E-state index in [1.54, 1.807) is 14.2 Å². The highest BCUT2D eigenvalue weighted by molar-refractivity contribution is 8.01. The first-order valence-corrected chi connectivity index (χ1v) is 7.68. The topological polar surface area (TPSA) is 77.2 Å². The molecule has 2 rings (SSSR count). The number of rotatable bonds is 5. The number of nitrogens with one attached hydrogen (secondary N) is 1. The number of hydrogen-bond acceptors (Lipinski definition) is 6. The van der Waals surface area contributed by atoms with Gasteiger partial charge in [-0.2, -0.15) is 0 Å². The van der Waals surface area contributed by atoms with Crippen molar-refractivity contribution in [2.75, 3.05) is 25.6 Å². The number of hydrogen-bond donors (Lipinski definition) is 2. The van der Waals surface area contributed by atoms with Crippen molar-refractivity contribution in [2.24, 2.45) is 0 Å². The van der Waals surface area contributed by atoms with Crippen molar-refractivity contribution in [1.82, 2.24) is 10.3 Å². The third kappa shape index (κ3) is 3.43. The van der Waals surface area contributed by atoms with Crippen LogP contribution in [-0.2, 0) is 4.79 Å². The molecule has 2 aromatic rings. The van der Waals surface area contributed by atoms with Crippen LogP contribution in [0.4, 0.5) is 5.00 Å². The lowest BCUT2D eigenvalue weighted by Gasteiger charge is -2.02. The molecule has 5 nitrogen and oxygen atoms in total. The van der Waals surface area contributed by atoms with Gasteiger partial charge >= 0.3 is 0 Å². The highest BCUT2D eigenvalue weighted by Gasteiger charge is 2.12. The molecule has 3 N–H and O–H groups in total. The Labute approximate surface area is 125 Å². The zero-order valence-electron chi connectivity index (χ0n) is 11.2. The third-order valence-corrected chi connectivity index (χ3v) is 4.61. The lowest BCUT2D eigenvalue weighted by Crippen LogP contribution is -2.19. The van der Waals surface area contributed by atoms with Gasteiger partial charge in [0.1, 0.15) is 16.4 Å². The molecule has 0 saturated heterocycles. The van der Waals surface area contributed by atoms with Gasteiger partial charge < -0.3 is 15.8 Å². The molecule has 0 aliphatic heterocycles. The summed E-state index contributed by atoms with van der Waals surface area (Å²) in [4.78, 5) is 15.7. The van der Waals surface area contributed by atoms with E-state index in [2.05, 4.69) is 10.3 Å². The van der Waals surface area contributed by atoms with Crippen molar-refractivity contribution in [3.63, 3.8) is 0 Å². The minimum atomic E-state index is -0.0355. The largest absolute Gasteiger partial charge is 0.497 e. The standard InChI is InChI=1S/C13H15N3O2S2/c1-15-10(17)7-19-13-16-11(12(14)20-13)8-4-3-5-9(6-8)18-2/h3-6H,7,14H2,1-2H3,(H,15,17). The van der Waals surface area contributed by atoms with E-state index in [0.29, 0.717) is 10.8 Å². The summed E-state index contributed by atoms with van der Waals surface area (Å²) in [6, 6.07) is 7.58. The molecule has 0 spiro atoms. The van der Waals surface area contributed by atoms with Crippen molar-refractivity contribution in [3.05, 3.63) is 24.3 Å².